The molecule has 0 saturated heterocycles. The highest BCUT2D eigenvalue weighted by Gasteiger charge is 2.16. The highest BCUT2D eigenvalue weighted by molar-refractivity contribution is 5.32. The van der Waals surface area contributed by atoms with Gasteiger partial charge in [-0.25, -0.2) is 4.98 Å². The number of aromatic nitrogens is 2. The standard InChI is InChI=1S/C12H22N4O/c1-9(2)10(8-15(3)4)14-11-12(17)16(5)7-6-13-11/h6-7,9-10H,8H2,1-5H3,(H,13,14). The summed E-state index contributed by atoms with van der Waals surface area (Å²) < 4.78 is 1.53. The van der Waals surface area contributed by atoms with Crippen molar-refractivity contribution in [2.45, 2.75) is 19.9 Å². The van der Waals surface area contributed by atoms with E-state index < -0.39 is 0 Å². The van der Waals surface area contributed by atoms with Gasteiger partial charge in [0.05, 0.1) is 0 Å². The van der Waals surface area contributed by atoms with E-state index in [1.54, 1.807) is 19.4 Å². The number of nitrogens with one attached hydrogen (secondary N) is 1. The zero-order chi connectivity index (χ0) is 13.0. The Labute approximate surface area is 102 Å². The summed E-state index contributed by atoms with van der Waals surface area (Å²) in [6, 6.07) is 0.215. The number of hydrogen-bond donors (Lipinski definition) is 1. The van der Waals surface area contributed by atoms with E-state index in [1.807, 2.05) is 14.1 Å². The van der Waals surface area contributed by atoms with Crippen molar-refractivity contribution in [2.75, 3.05) is 26.0 Å². The van der Waals surface area contributed by atoms with Gasteiger partial charge in [-0.05, 0) is 20.0 Å². The molecular weight excluding hydrogens is 216 g/mol. The Morgan fingerprint density at radius 3 is 2.65 bits per heavy atom. The van der Waals surface area contributed by atoms with Crippen LogP contribution in [0.3, 0.4) is 0 Å². The smallest absolute Gasteiger partial charge is 0.293 e. The molecule has 0 saturated carbocycles. The van der Waals surface area contributed by atoms with Crippen molar-refractivity contribution in [3.8, 4) is 0 Å². The lowest BCUT2D eigenvalue weighted by molar-refractivity contribution is 0.344. The third-order valence-electron chi connectivity index (χ3n) is 2.71. The Morgan fingerprint density at radius 1 is 1.47 bits per heavy atom. The Balaban J connectivity index is 2.86. The molecule has 5 nitrogen and oxygen atoms in total. The average molecular weight is 238 g/mol. The molecule has 1 heterocycles. The largest absolute Gasteiger partial charge is 0.361 e. The molecule has 0 amide bonds. The molecule has 1 rings (SSSR count). The molecule has 1 aromatic rings. The second-order valence-electron chi connectivity index (χ2n) is 4.95. The second kappa shape index (κ2) is 5.82. The van der Waals surface area contributed by atoms with Crippen molar-refractivity contribution in [2.24, 2.45) is 13.0 Å². The summed E-state index contributed by atoms with van der Waals surface area (Å²) in [6.07, 6.45) is 3.29. The molecular formula is C12H22N4O. The van der Waals surface area contributed by atoms with Gasteiger partial charge in [0.1, 0.15) is 0 Å². The molecule has 0 aromatic carbocycles. The molecule has 0 fully saturated rings. The van der Waals surface area contributed by atoms with E-state index in [9.17, 15) is 4.79 Å². The van der Waals surface area contributed by atoms with E-state index in [0.717, 1.165) is 6.54 Å². The summed E-state index contributed by atoms with van der Waals surface area (Å²) >= 11 is 0. The zero-order valence-corrected chi connectivity index (χ0v) is 11.3. The van der Waals surface area contributed by atoms with Gasteiger partial charge in [-0.1, -0.05) is 13.8 Å². The summed E-state index contributed by atoms with van der Waals surface area (Å²) in [5.41, 5.74) is -0.0862. The van der Waals surface area contributed by atoms with Crippen molar-refractivity contribution < 1.29 is 0 Å². The molecule has 1 unspecified atom stereocenters. The number of hydrogen-bond acceptors (Lipinski definition) is 4. The summed E-state index contributed by atoms with van der Waals surface area (Å²) in [5.74, 6) is 0.861. The van der Waals surface area contributed by atoms with Gasteiger partial charge >= 0.3 is 0 Å². The van der Waals surface area contributed by atoms with Crippen LogP contribution in [0.1, 0.15) is 13.8 Å². The molecule has 1 aromatic heterocycles. The summed E-state index contributed by atoms with van der Waals surface area (Å²) in [7, 11) is 5.77. The van der Waals surface area contributed by atoms with Gasteiger partial charge < -0.3 is 14.8 Å². The van der Waals surface area contributed by atoms with Crippen LogP contribution in [-0.4, -0.2) is 41.1 Å². The van der Waals surface area contributed by atoms with Crippen LogP contribution in [-0.2, 0) is 7.05 Å². The summed E-state index contributed by atoms with van der Waals surface area (Å²) in [4.78, 5) is 18.0. The molecule has 0 aliphatic rings. The van der Waals surface area contributed by atoms with Crippen LogP contribution in [0.15, 0.2) is 17.2 Å². The van der Waals surface area contributed by atoms with E-state index in [0.29, 0.717) is 11.7 Å². The fourth-order valence-corrected chi connectivity index (χ4v) is 1.59. The van der Waals surface area contributed by atoms with Crippen molar-refractivity contribution in [1.29, 1.82) is 0 Å². The number of anilines is 1. The number of aryl methyl sites for hydroxylation is 1. The molecule has 5 heteroatoms. The molecule has 1 N–H and O–H groups in total. The average Bonchev–Trinajstić information content (AvgIpc) is 2.22. The Hall–Kier alpha value is -1.36. The third kappa shape index (κ3) is 3.85. The van der Waals surface area contributed by atoms with Crippen molar-refractivity contribution in [1.82, 2.24) is 14.5 Å². The van der Waals surface area contributed by atoms with Gasteiger partial charge in [-0.15, -0.1) is 0 Å². The molecule has 1 atom stereocenters. The van der Waals surface area contributed by atoms with Crippen LogP contribution in [0.25, 0.3) is 0 Å². The molecule has 96 valence electrons. The Bertz CT molecular complexity index is 411. The van der Waals surface area contributed by atoms with E-state index >= 15 is 0 Å². The number of likely N-dealkylation sites (N-methyl/N-ethyl adjacent to an activating group) is 1. The zero-order valence-electron chi connectivity index (χ0n) is 11.3. The fourth-order valence-electron chi connectivity index (χ4n) is 1.59. The molecule has 0 spiro atoms. The lowest BCUT2D eigenvalue weighted by atomic mass is 10.0. The first-order valence-electron chi connectivity index (χ1n) is 5.84. The van der Waals surface area contributed by atoms with Crippen molar-refractivity contribution >= 4 is 5.82 Å². The minimum absolute atomic E-state index is 0.0862. The first-order chi connectivity index (χ1) is 7.91. The predicted octanol–water partition coefficient (Wildman–Crippen LogP) is 0.778. The Kier molecular flexibility index (Phi) is 4.69. The van der Waals surface area contributed by atoms with Gasteiger partial charge in [-0.2, -0.15) is 0 Å². The summed E-state index contributed by atoms with van der Waals surface area (Å²) in [6.45, 7) is 5.14. The van der Waals surface area contributed by atoms with Gasteiger partial charge in [0.2, 0.25) is 0 Å². The normalized spacial score (nSPS) is 13.1. The molecule has 17 heavy (non-hydrogen) atoms. The first-order valence-corrected chi connectivity index (χ1v) is 5.84. The van der Waals surface area contributed by atoms with Crippen LogP contribution in [0.2, 0.25) is 0 Å². The fraction of sp³-hybridized carbons (Fsp3) is 0.667. The minimum Gasteiger partial charge on any atom is -0.361 e. The van der Waals surface area contributed by atoms with Gasteiger partial charge in [0.15, 0.2) is 5.82 Å². The predicted molar refractivity (Wildman–Crippen MR) is 70.3 cm³/mol. The van der Waals surface area contributed by atoms with E-state index in [2.05, 4.69) is 29.0 Å². The molecule has 0 aliphatic heterocycles. The van der Waals surface area contributed by atoms with Gasteiger partial charge in [0.25, 0.3) is 5.56 Å². The van der Waals surface area contributed by atoms with E-state index in [-0.39, 0.29) is 11.6 Å². The van der Waals surface area contributed by atoms with Gasteiger partial charge in [-0.3, -0.25) is 4.79 Å². The number of rotatable bonds is 5. The van der Waals surface area contributed by atoms with Crippen molar-refractivity contribution in [3.05, 3.63) is 22.7 Å². The quantitative estimate of drug-likeness (QED) is 0.823. The maximum Gasteiger partial charge on any atom is 0.293 e. The Morgan fingerprint density at radius 2 is 2.12 bits per heavy atom. The van der Waals surface area contributed by atoms with Crippen molar-refractivity contribution in [3.63, 3.8) is 0 Å². The van der Waals surface area contributed by atoms with Crippen LogP contribution in [0.5, 0.6) is 0 Å². The van der Waals surface area contributed by atoms with Crippen LogP contribution >= 0.6 is 0 Å². The second-order valence-corrected chi connectivity index (χ2v) is 4.95. The van der Waals surface area contributed by atoms with Crippen LogP contribution < -0.4 is 10.9 Å². The minimum atomic E-state index is -0.0862. The lowest BCUT2D eigenvalue weighted by Crippen LogP contribution is -2.38. The molecule has 0 bridgehead atoms. The molecule has 0 aliphatic carbocycles. The topological polar surface area (TPSA) is 50.2 Å². The maximum absolute atomic E-state index is 11.8. The highest BCUT2D eigenvalue weighted by atomic mass is 16.1. The van der Waals surface area contributed by atoms with Crippen LogP contribution in [0.4, 0.5) is 5.82 Å². The SMILES string of the molecule is CC(C)C(CN(C)C)Nc1nccn(C)c1=O. The lowest BCUT2D eigenvalue weighted by Gasteiger charge is -2.25. The third-order valence-corrected chi connectivity index (χ3v) is 2.71. The number of nitrogens with zero attached hydrogens (tertiary/aromatic N) is 3. The first kappa shape index (κ1) is 13.7. The maximum atomic E-state index is 11.8. The van der Waals surface area contributed by atoms with Gasteiger partial charge in [0, 0.05) is 32.0 Å². The van der Waals surface area contributed by atoms with E-state index in [1.165, 1.54) is 4.57 Å². The molecule has 0 radical (unpaired) electrons. The van der Waals surface area contributed by atoms with Crippen LogP contribution in [0, 0.1) is 5.92 Å². The summed E-state index contributed by atoms with van der Waals surface area (Å²) in [5, 5.41) is 3.23. The monoisotopic (exact) mass is 238 g/mol. The van der Waals surface area contributed by atoms with E-state index in [4.69, 9.17) is 0 Å². The highest BCUT2D eigenvalue weighted by Crippen LogP contribution is 2.07.